The second kappa shape index (κ2) is 8.66. The van der Waals surface area contributed by atoms with E-state index in [1.807, 2.05) is 72.8 Å². The molecule has 0 spiro atoms. The summed E-state index contributed by atoms with van der Waals surface area (Å²) in [5, 5.41) is 5.59. The van der Waals surface area contributed by atoms with Crippen molar-refractivity contribution in [1.82, 2.24) is 10.6 Å². The number of nitrogens with one attached hydrogen (secondary N) is 2. The van der Waals surface area contributed by atoms with Crippen LogP contribution in [0, 0.1) is 0 Å². The molecule has 0 unspecified atom stereocenters. The summed E-state index contributed by atoms with van der Waals surface area (Å²) in [5.74, 6) is 0.606. The standard InChI is InChI=1S/C25H22N2O3/c1-17-22(24(28)20-10-6-3-7-11-20)23(27-25(29)26-17)19-12-14-21(15-13-19)30-16-18-8-4-2-5-9-18/h2-15,23H,16H2,1H3,(H2,26,27,29)/t23-/m1/s1. The summed E-state index contributed by atoms with van der Waals surface area (Å²) in [5.41, 5.74) is 3.57. The highest BCUT2D eigenvalue weighted by atomic mass is 16.5. The minimum Gasteiger partial charge on any atom is -0.489 e. The van der Waals surface area contributed by atoms with Crippen LogP contribution in [0.4, 0.5) is 4.79 Å². The third-order valence-corrected chi connectivity index (χ3v) is 5.01. The molecule has 2 N–H and O–H groups in total. The van der Waals surface area contributed by atoms with Crippen LogP contribution in [0.1, 0.15) is 34.5 Å². The van der Waals surface area contributed by atoms with Gasteiger partial charge in [-0.3, -0.25) is 4.79 Å². The number of rotatable bonds is 6. The summed E-state index contributed by atoms with van der Waals surface area (Å²) >= 11 is 0. The molecule has 3 aromatic rings. The number of carbonyl (C=O) groups excluding carboxylic acids is 2. The summed E-state index contributed by atoms with van der Waals surface area (Å²) in [6.45, 7) is 2.22. The van der Waals surface area contributed by atoms with Gasteiger partial charge < -0.3 is 15.4 Å². The SMILES string of the molecule is CC1=C(C(=O)c2ccccc2)[C@@H](c2ccc(OCc3ccccc3)cc2)NC(=O)N1. The van der Waals surface area contributed by atoms with Crippen LogP contribution in [0.3, 0.4) is 0 Å². The Kier molecular flexibility index (Phi) is 5.61. The van der Waals surface area contributed by atoms with E-state index < -0.39 is 6.04 Å². The zero-order valence-corrected chi connectivity index (χ0v) is 16.6. The highest BCUT2D eigenvalue weighted by Gasteiger charge is 2.31. The number of ketones is 1. The molecule has 1 heterocycles. The normalized spacial score (nSPS) is 15.9. The lowest BCUT2D eigenvalue weighted by Crippen LogP contribution is -2.45. The minimum absolute atomic E-state index is 0.116. The van der Waals surface area contributed by atoms with E-state index in [9.17, 15) is 9.59 Å². The molecular formula is C25H22N2O3. The molecule has 5 heteroatoms. The van der Waals surface area contributed by atoms with E-state index in [2.05, 4.69) is 10.6 Å². The smallest absolute Gasteiger partial charge is 0.319 e. The van der Waals surface area contributed by atoms with Crippen LogP contribution in [-0.2, 0) is 6.61 Å². The van der Waals surface area contributed by atoms with Gasteiger partial charge in [0, 0.05) is 16.8 Å². The van der Waals surface area contributed by atoms with E-state index in [4.69, 9.17) is 4.74 Å². The van der Waals surface area contributed by atoms with Crippen molar-refractivity contribution in [2.45, 2.75) is 19.6 Å². The van der Waals surface area contributed by atoms with Crippen LogP contribution >= 0.6 is 0 Å². The molecule has 150 valence electrons. The number of hydrogen-bond acceptors (Lipinski definition) is 3. The summed E-state index contributed by atoms with van der Waals surface area (Å²) in [7, 11) is 0. The fourth-order valence-electron chi connectivity index (χ4n) is 3.49. The van der Waals surface area contributed by atoms with E-state index >= 15 is 0 Å². The molecule has 3 aromatic carbocycles. The van der Waals surface area contributed by atoms with Crippen molar-refractivity contribution in [3.63, 3.8) is 0 Å². The number of allylic oxidation sites excluding steroid dienone is 1. The average molecular weight is 398 g/mol. The molecule has 0 fully saturated rings. The first-order chi connectivity index (χ1) is 14.6. The second-order valence-electron chi connectivity index (χ2n) is 7.11. The predicted octanol–water partition coefficient (Wildman–Crippen LogP) is 4.78. The van der Waals surface area contributed by atoms with Gasteiger partial charge in [-0.2, -0.15) is 0 Å². The molecule has 1 aliphatic rings. The Labute approximate surface area is 175 Å². The van der Waals surface area contributed by atoms with Crippen LogP contribution in [0.15, 0.2) is 96.2 Å². The Morgan fingerprint density at radius 1 is 0.900 bits per heavy atom. The Morgan fingerprint density at radius 3 is 2.20 bits per heavy atom. The molecule has 0 radical (unpaired) electrons. The Bertz CT molecular complexity index is 1070. The molecule has 4 rings (SSSR count). The number of ether oxygens (including phenoxy) is 1. The van der Waals surface area contributed by atoms with Crippen molar-refractivity contribution in [3.8, 4) is 5.75 Å². The zero-order chi connectivity index (χ0) is 20.9. The van der Waals surface area contributed by atoms with Crippen molar-refractivity contribution in [2.75, 3.05) is 0 Å². The van der Waals surface area contributed by atoms with E-state index in [1.54, 1.807) is 19.1 Å². The molecular weight excluding hydrogens is 376 g/mol. The van der Waals surface area contributed by atoms with Gasteiger partial charge in [-0.1, -0.05) is 72.8 Å². The van der Waals surface area contributed by atoms with E-state index in [1.165, 1.54) is 0 Å². The van der Waals surface area contributed by atoms with Crippen molar-refractivity contribution in [2.24, 2.45) is 0 Å². The maximum atomic E-state index is 13.2. The van der Waals surface area contributed by atoms with Crippen LogP contribution in [0.2, 0.25) is 0 Å². The number of carbonyl (C=O) groups is 2. The van der Waals surface area contributed by atoms with Crippen molar-refractivity contribution in [3.05, 3.63) is 113 Å². The van der Waals surface area contributed by atoms with Crippen molar-refractivity contribution < 1.29 is 14.3 Å². The lowest BCUT2D eigenvalue weighted by molar-refractivity contribution is 0.102. The molecule has 1 atom stereocenters. The molecule has 30 heavy (non-hydrogen) atoms. The Morgan fingerprint density at radius 2 is 1.53 bits per heavy atom. The molecule has 0 aromatic heterocycles. The summed E-state index contributed by atoms with van der Waals surface area (Å²) in [6.07, 6.45) is 0. The third kappa shape index (κ3) is 4.25. The van der Waals surface area contributed by atoms with E-state index in [0.29, 0.717) is 23.4 Å². The van der Waals surface area contributed by atoms with Gasteiger partial charge in [-0.25, -0.2) is 4.79 Å². The number of Topliss-reactive ketones (excluding diaryl/α,β-unsaturated/α-hetero) is 1. The molecule has 0 bridgehead atoms. The largest absolute Gasteiger partial charge is 0.489 e. The zero-order valence-electron chi connectivity index (χ0n) is 16.6. The molecule has 0 aliphatic carbocycles. The van der Waals surface area contributed by atoms with E-state index in [0.717, 1.165) is 16.9 Å². The lowest BCUT2D eigenvalue weighted by atomic mass is 9.89. The second-order valence-corrected chi connectivity index (χ2v) is 7.11. The topological polar surface area (TPSA) is 67.4 Å². The van der Waals surface area contributed by atoms with Crippen LogP contribution < -0.4 is 15.4 Å². The number of benzene rings is 3. The fourth-order valence-corrected chi connectivity index (χ4v) is 3.49. The maximum absolute atomic E-state index is 13.2. The number of urea groups is 1. The van der Waals surface area contributed by atoms with Gasteiger partial charge in [0.1, 0.15) is 12.4 Å². The minimum atomic E-state index is -0.533. The quantitative estimate of drug-likeness (QED) is 0.588. The molecule has 2 amide bonds. The van der Waals surface area contributed by atoms with Crippen molar-refractivity contribution >= 4 is 11.8 Å². The summed E-state index contributed by atoms with van der Waals surface area (Å²) < 4.78 is 5.84. The first-order valence-corrected chi connectivity index (χ1v) is 9.76. The predicted molar refractivity (Wildman–Crippen MR) is 115 cm³/mol. The number of amides is 2. The number of hydrogen-bond donors (Lipinski definition) is 2. The maximum Gasteiger partial charge on any atom is 0.319 e. The fraction of sp³-hybridized carbons (Fsp3) is 0.120. The van der Waals surface area contributed by atoms with Gasteiger partial charge in [-0.05, 0) is 30.2 Å². The van der Waals surface area contributed by atoms with Gasteiger partial charge in [0.15, 0.2) is 5.78 Å². The Hall–Kier alpha value is -3.86. The molecule has 1 aliphatic heterocycles. The van der Waals surface area contributed by atoms with Gasteiger partial charge in [0.05, 0.1) is 6.04 Å². The first-order valence-electron chi connectivity index (χ1n) is 9.76. The third-order valence-electron chi connectivity index (χ3n) is 5.01. The van der Waals surface area contributed by atoms with Crippen LogP contribution in [0.5, 0.6) is 5.75 Å². The lowest BCUT2D eigenvalue weighted by Gasteiger charge is -2.28. The highest BCUT2D eigenvalue weighted by molar-refractivity contribution is 6.11. The monoisotopic (exact) mass is 398 g/mol. The average Bonchev–Trinajstić information content (AvgIpc) is 2.78. The van der Waals surface area contributed by atoms with Gasteiger partial charge in [0.2, 0.25) is 0 Å². The van der Waals surface area contributed by atoms with Gasteiger partial charge in [-0.15, -0.1) is 0 Å². The summed E-state index contributed by atoms with van der Waals surface area (Å²) in [4.78, 5) is 25.2. The Balaban J connectivity index is 1.57. The van der Waals surface area contributed by atoms with Crippen LogP contribution in [-0.4, -0.2) is 11.8 Å². The molecule has 5 nitrogen and oxygen atoms in total. The molecule has 0 saturated carbocycles. The van der Waals surface area contributed by atoms with Crippen LogP contribution in [0.25, 0.3) is 0 Å². The van der Waals surface area contributed by atoms with Crippen molar-refractivity contribution in [1.29, 1.82) is 0 Å². The highest BCUT2D eigenvalue weighted by Crippen LogP contribution is 2.30. The van der Waals surface area contributed by atoms with Gasteiger partial charge in [0.25, 0.3) is 0 Å². The first kappa shape index (κ1) is 19.5. The van der Waals surface area contributed by atoms with E-state index in [-0.39, 0.29) is 11.8 Å². The van der Waals surface area contributed by atoms with Gasteiger partial charge >= 0.3 is 6.03 Å². The molecule has 0 saturated heterocycles. The summed E-state index contributed by atoms with van der Waals surface area (Å²) in [6, 6.07) is 25.6.